The molecule has 0 saturated carbocycles. The third-order valence-electron chi connectivity index (χ3n) is 2.92. The predicted molar refractivity (Wildman–Crippen MR) is 84.5 cm³/mol. The van der Waals surface area contributed by atoms with Crippen molar-refractivity contribution in [2.24, 2.45) is 0 Å². The Hall–Kier alpha value is -0.780. The number of aliphatic hydroxyl groups is 1. The number of methoxy groups -OCH3 is 1. The molecule has 0 spiro atoms. The van der Waals surface area contributed by atoms with Crippen LogP contribution in [-0.2, 0) is 6.54 Å². The SMILES string of the molecule is CCCOc1c(CNC(C)(C)CO)cc(Br)cc1OC. The highest BCUT2D eigenvalue weighted by Gasteiger charge is 2.18. The summed E-state index contributed by atoms with van der Waals surface area (Å²) in [5.41, 5.74) is 0.670. The maximum Gasteiger partial charge on any atom is 0.165 e. The third-order valence-corrected chi connectivity index (χ3v) is 3.38. The average molecular weight is 346 g/mol. The number of aliphatic hydroxyl groups excluding tert-OH is 1. The molecule has 1 aromatic carbocycles. The summed E-state index contributed by atoms with van der Waals surface area (Å²) >= 11 is 3.48. The van der Waals surface area contributed by atoms with Gasteiger partial charge in [-0.3, -0.25) is 0 Å². The Morgan fingerprint density at radius 1 is 1.35 bits per heavy atom. The van der Waals surface area contributed by atoms with Gasteiger partial charge < -0.3 is 19.9 Å². The first-order valence-corrected chi connectivity index (χ1v) is 7.58. The summed E-state index contributed by atoms with van der Waals surface area (Å²) in [4.78, 5) is 0. The van der Waals surface area contributed by atoms with Crippen molar-refractivity contribution in [3.8, 4) is 11.5 Å². The van der Waals surface area contributed by atoms with Crippen molar-refractivity contribution in [1.82, 2.24) is 5.32 Å². The van der Waals surface area contributed by atoms with Crippen molar-refractivity contribution >= 4 is 15.9 Å². The molecule has 4 nitrogen and oxygen atoms in total. The Morgan fingerprint density at radius 2 is 2.05 bits per heavy atom. The Balaban J connectivity index is 2.99. The van der Waals surface area contributed by atoms with Crippen LogP contribution in [0.4, 0.5) is 0 Å². The zero-order valence-corrected chi connectivity index (χ0v) is 14.2. The van der Waals surface area contributed by atoms with Crippen LogP contribution >= 0.6 is 15.9 Å². The lowest BCUT2D eigenvalue weighted by Gasteiger charge is -2.25. The Bertz CT molecular complexity index is 435. The molecule has 0 bridgehead atoms. The Morgan fingerprint density at radius 3 is 2.60 bits per heavy atom. The van der Waals surface area contributed by atoms with Gasteiger partial charge in [-0.15, -0.1) is 0 Å². The van der Waals surface area contributed by atoms with E-state index in [-0.39, 0.29) is 12.1 Å². The van der Waals surface area contributed by atoms with Crippen LogP contribution in [-0.4, -0.2) is 31.0 Å². The molecule has 0 fully saturated rings. The molecular weight excluding hydrogens is 322 g/mol. The molecular formula is C15H24BrNO3. The summed E-state index contributed by atoms with van der Waals surface area (Å²) in [6.45, 7) is 7.29. The van der Waals surface area contributed by atoms with E-state index >= 15 is 0 Å². The minimum atomic E-state index is -0.336. The monoisotopic (exact) mass is 345 g/mol. The standard InChI is InChI=1S/C15H24BrNO3/c1-5-6-20-14-11(9-17-15(2,3)10-18)7-12(16)8-13(14)19-4/h7-8,17-18H,5-6,9-10H2,1-4H3. The predicted octanol–water partition coefficient (Wildman–Crippen LogP) is 3.11. The third kappa shape index (κ3) is 4.96. The number of halogens is 1. The summed E-state index contributed by atoms with van der Waals surface area (Å²) in [7, 11) is 1.63. The van der Waals surface area contributed by atoms with Crippen molar-refractivity contribution in [3.63, 3.8) is 0 Å². The van der Waals surface area contributed by atoms with Crippen molar-refractivity contribution < 1.29 is 14.6 Å². The van der Waals surface area contributed by atoms with Crippen LogP contribution in [0.5, 0.6) is 11.5 Å². The van der Waals surface area contributed by atoms with E-state index in [9.17, 15) is 5.11 Å². The van der Waals surface area contributed by atoms with Crippen LogP contribution in [0.15, 0.2) is 16.6 Å². The van der Waals surface area contributed by atoms with Gasteiger partial charge in [0.1, 0.15) is 0 Å². The van der Waals surface area contributed by atoms with Gasteiger partial charge in [0.15, 0.2) is 11.5 Å². The van der Waals surface area contributed by atoms with Gasteiger partial charge in [0.2, 0.25) is 0 Å². The quantitative estimate of drug-likeness (QED) is 0.760. The molecule has 0 aliphatic heterocycles. The minimum absolute atomic E-state index is 0.0727. The van der Waals surface area contributed by atoms with E-state index in [4.69, 9.17) is 9.47 Å². The van der Waals surface area contributed by atoms with Crippen LogP contribution in [0.1, 0.15) is 32.8 Å². The van der Waals surface area contributed by atoms with E-state index < -0.39 is 0 Å². The molecule has 0 saturated heterocycles. The molecule has 0 aliphatic carbocycles. The van der Waals surface area contributed by atoms with Crippen LogP contribution in [0.3, 0.4) is 0 Å². The molecule has 114 valence electrons. The van der Waals surface area contributed by atoms with Gasteiger partial charge in [0.05, 0.1) is 20.3 Å². The first-order chi connectivity index (χ1) is 9.43. The van der Waals surface area contributed by atoms with Crippen LogP contribution in [0.25, 0.3) is 0 Å². The van der Waals surface area contributed by atoms with E-state index in [1.807, 2.05) is 26.0 Å². The maximum atomic E-state index is 9.31. The van der Waals surface area contributed by atoms with E-state index in [1.54, 1.807) is 7.11 Å². The molecule has 0 radical (unpaired) electrons. The summed E-state index contributed by atoms with van der Waals surface area (Å²) in [5.74, 6) is 1.48. The Labute approximate surface area is 129 Å². The number of nitrogens with one attached hydrogen (secondary N) is 1. The smallest absolute Gasteiger partial charge is 0.165 e. The summed E-state index contributed by atoms with van der Waals surface area (Å²) in [6, 6.07) is 3.90. The summed E-state index contributed by atoms with van der Waals surface area (Å²) in [5, 5.41) is 12.6. The highest BCUT2D eigenvalue weighted by molar-refractivity contribution is 9.10. The summed E-state index contributed by atoms with van der Waals surface area (Å²) in [6.07, 6.45) is 0.939. The highest BCUT2D eigenvalue weighted by Crippen LogP contribution is 2.35. The van der Waals surface area contributed by atoms with Crippen molar-refractivity contribution in [2.45, 2.75) is 39.3 Å². The largest absolute Gasteiger partial charge is 0.493 e. The molecule has 1 rings (SSSR count). The number of benzene rings is 1. The van der Waals surface area contributed by atoms with E-state index in [1.165, 1.54) is 0 Å². The molecule has 5 heteroatoms. The zero-order chi connectivity index (χ0) is 15.2. The first-order valence-electron chi connectivity index (χ1n) is 6.78. The fourth-order valence-electron chi connectivity index (χ4n) is 1.66. The van der Waals surface area contributed by atoms with E-state index in [0.717, 1.165) is 22.2 Å². The van der Waals surface area contributed by atoms with Gasteiger partial charge >= 0.3 is 0 Å². The molecule has 0 amide bonds. The second-order valence-corrected chi connectivity index (χ2v) is 6.26. The number of hydrogen-bond acceptors (Lipinski definition) is 4. The maximum absolute atomic E-state index is 9.31. The lowest BCUT2D eigenvalue weighted by atomic mass is 10.1. The zero-order valence-electron chi connectivity index (χ0n) is 12.6. The number of hydrogen-bond donors (Lipinski definition) is 2. The molecule has 0 aromatic heterocycles. The van der Waals surface area contributed by atoms with Gasteiger partial charge in [0.25, 0.3) is 0 Å². The van der Waals surface area contributed by atoms with Gasteiger partial charge in [-0.2, -0.15) is 0 Å². The first kappa shape index (κ1) is 17.3. The van der Waals surface area contributed by atoms with Gasteiger partial charge in [0, 0.05) is 22.1 Å². The van der Waals surface area contributed by atoms with Crippen molar-refractivity contribution in [2.75, 3.05) is 20.3 Å². The lowest BCUT2D eigenvalue weighted by Crippen LogP contribution is -2.42. The highest BCUT2D eigenvalue weighted by atomic mass is 79.9. The van der Waals surface area contributed by atoms with Crippen molar-refractivity contribution in [1.29, 1.82) is 0 Å². The molecule has 1 aromatic rings. The van der Waals surface area contributed by atoms with Crippen molar-refractivity contribution in [3.05, 3.63) is 22.2 Å². The fourth-order valence-corrected chi connectivity index (χ4v) is 2.15. The van der Waals surface area contributed by atoms with Gasteiger partial charge in [-0.05, 0) is 32.4 Å². The molecule has 0 atom stereocenters. The molecule has 2 N–H and O–H groups in total. The average Bonchev–Trinajstić information content (AvgIpc) is 2.43. The van der Waals surface area contributed by atoms with E-state index in [0.29, 0.717) is 18.9 Å². The molecule has 0 unspecified atom stereocenters. The van der Waals surface area contributed by atoms with Crippen LogP contribution in [0, 0.1) is 0 Å². The second kappa shape index (κ2) is 7.86. The van der Waals surface area contributed by atoms with Crippen LogP contribution < -0.4 is 14.8 Å². The van der Waals surface area contributed by atoms with Gasteiger partial charge in [-0.1, -0.05) is 22.9 Å². The second-order valence-electron chi connectivity index (χ2n) is 5.34. The molecule has 0 aliphatic rings. The number of rotatable bonds is 8. The summed E-state index contributed by atoms with van der Waals surface area (Å²) < 4.78 is 12.1. The normalized spacial score (nSPS) is 11.5. The van der Waals surface area contributed by atoms with E-state index in [2.05, 4.69) is 28.2 Å². The molecule has 20 heavy (non-hydrogen) atoms. The molecule has 0 heterocycles. The lowest BCUT2D eigenvalue weighted by molar-refractivity contribution is 0.186. The van der Waals surface area contributed by atoms with Crippen LogP contribution in [0.2, 0.25) is 0 Å². The Kier molecular flexibility index (Phi) is 6.79. The van der Waals surface area contributed by atoms with Gasteiger partial charge in [-0.25, -0.2) is 0 Å². The minimum Gasteiger partial charge on any atom is -0.493 e. The number of ether oxygens (including phenoxy) is 2. The fraction of sp³-hybridized carbons (Fsp3) is 0.600. The topological polar surface area (TPSA) is 50.7 Å².